The molecule has 2 rings (SSSR count). The molecule has 0 aliphatic heterocycles. The maximum atomic E-state index is 12.7. The fraction of sp³-hybridized carbons (Fsp3) is 0.235. The van der Waals surface area contributed by atoms with Gasteiger partial charge in [-0.3, -0.25) is 4.79 Å². The van der Waals surface area contributed by atoms with Gasteiger partial charge in [0.1, 0.15) is 0 Å². The van der Waals surface area contributed by atoms with Gasteiger partial charge < -0.3 is 10.6 Å². The largest absolute Gasteiger partial charge is 0.399 e. The smallest absolute Gasteiger partial charge is 0.258 e. The summed E-state index contributed by atoms with van der Waals surface area (Å²) in [6.45, 7) is 6.56. The van der Waals surface area contributed by atoms with Crippen LogP contribution in [0.5, 0.6) is 0 Å². The lowest BCUT2D eigenvalue weighted by molar-refractivity contribution is 0.0988. The molecule has 2 aromatic rings. The molecule has 0 heterocycles. The Hall–Kier alpha value is -2.29. The monoisotopic (exact) mass is 268 g/mol. The van der Waals surface area contributed by atoms with Crippen molar-refractivity contribution in [1.82, 2.24) is 0 Å². The highest BCUT2D eigenvalue weighted by Crippen LogP contribution is 2.21. The number of carbonyl (C=O) groups is 1. The van der Waals surface area contributed by atoms with Crippen molar-refractivity contribution in [2.75, 3.05) is 17.2 Å². The summed E-state index contributed by atoms with van der Waals surface area (Å²) in [6.07, 6.45) is 0. The lowest BCUT2D eigenvalue weighted by Gasteiger charge is -2.22. The number of aryl methyl sites for hydroxylation is 2. The van der Waals surface area contributed by atoms with Crippen molar-refractivity contribution in [3.63, 3.8) is 0 Å². The SMILES string of the molecule is CCN(C(=O)c1ccc(C)cc1C)c1cccc(N)c1. The molecule has 0 spiro atoms. The van der Waals surface area contributed by atoms with E-state index in [-0.39, 0.29) is 5.91 Å². The average Bonchev–Trinajstić information content (AvgIpc) is 2.39. The van der Waals surface area contributed by atoms with Crippen LogP contribution < -0.4 is 10.6 Å². The summed E-state index contributed by atoms with van der Waals surface area (Å²) >= 11 is 0. The number of rotatable bonds is 3. The normalized spacial score (nSPS) is 10.3. The molecule has 20 heavy (non-hydrogen) atoms. The molecule has 0 unspecified atom stereocenters. The molecule has 0 radical (unpaired) electrons. The number of nitrogens with zero attached hydrogens (tertiary/aromatic N) is 1. The van der Waals surface area contributed by atoms with Crippen molar-refractivity contribution in [3.05, 3.63) is 59.2 Å². The Morgan fingerprint density at radius 3 is 2.50 bits per heavy atom. The zero-order valence-corrected chi connectivity index (χ0v) is 12.2. The minimum atomic E-state index is 0.00981. The second kappa shape index (κ2) is 5.78. The third-order valence-corrected chi connectivity index (χ3v) is 3.36. The molecule has 3 nitrogen and oxygen atoms in total. The maximum absolute atomic E-state index is 12.7. The minimum Gasteiger partial charge on any atom is -0.399 e. The quantitative estimate of drug-likeness (QED) is 0.865. The molecular formula is C17H20N2O. The van der Waals surface area contributed by atoms with Crippen molar-refractivity contribution in [2.45, 2.75) is 20.8 Å². The third-order valence-electron chi connectivity index (χ3n) is 3.36. The summed E-state index contributed by atoms with van der Waals surface area (Å²) < 4.78 is 0. The molecule has 104 valence electrons. The number of benzene rings is 2. The van der Waals surface area contributed by atoms with E-state index in [4.69, 9.17) is 5.73 Å². The molecule has 2 aromatic carbocycles. The number of amides is 1. The van der Waals surface area contributed by atoms with Gasteiger partial charge in [0.2, 0.25) is 0 Å². The van der Waals surface area contributed by atoms with Crippen LogP contribution in [0.3, 0.4) is 0 Å². The lowest BCUT2D eigenvalue weighted by Crippen LogP contribution is -2.31. The van der Waals surface area contributed by atoms with Crippen LogP contribution in [0.4, 0.5) is 11.4 Å². The van der Waals surface area contributed by atoms with E-state index in [0.717, 1.165) is 22.4 Å². The molecular weight excluding hydrogens is 248 g/mol. The van der Waals surface area contributed by atoms with E-state index in [9.17, 15) is 4.79 Å². The van der Waals surface area contributed by atoms with Crippen LogP contribution in [0.2, 0.25) is 0 Å². The second-order valence-electron chi connectivity index (χ2n) is 4.96. The highest BCUT2D eigenvalue weighted by atomic mass is 16.2. The van der Waals surface area contributed by atoms with Crippen LogP contribution in [0.1, 0.15) is 28.4 Å². The van der Waals surface area contributed by atoms with E-state index in [2.05, 4.69) is 0 Å². The summed E-state index contributed by atoms with van der Waals surface area (Å²) in [5, 5.41) is 0. The summed E-state index contributed by atoms with van der Waals surface area (Å²) in [5.74, 6) is 0.00981. The Balaban J connectivity index is 2.39. The second-order valence-corrected chi connectivity index (χ2v) is 4.96. The number of hydrogen-bond acceptors (Lipinski definition) is 2. The standard InChI is InChI=1S/C17H20N2O/c1-4-19(15-7-5-6-14(18)11-15)17(20)16-9-8-12(2)10-13(16)3/h5-11H,4,18H2,1-3H3. The van der Waals surface area contributed by atoms with Crippen LogP contribution in [0, 0.1) is 13.8 Å². The fourth-order valence-electron chi connectivity index (χ4n) is 2.34. The number of nitrogens with two attached hydrogens (primary N) is 1. The predicted molar refractivity (Wildman–Crippen MR) is 84.1 cm³/mol. The van der Waals surface area contributed by atoms with E-state index in [1.54, 1.807) is 4.90 Å². The molecule has 0 saturated heterocycles. The fourth-order valence-corrected chi connectivity index (χ4v) is 2.34. The predicted octanol–water partition coefficient (Wildman–Crippen LogP) is 3.55. The van der Waals surface area contributed by atoms with Crippen molar-refractivity contribution in [1.29, 1.82) is 0 Å². The molecule has 0 aliphatic carbocycles. The number of carbonyl (C=O) groups excluding carboxylic acids is 1. The Morgan fingerprint density at radius 2 is 1.90 bits per heavy atom. The first kappa shape index (κ1) is 14.1. The van der Waals surface area contributed by atoms with Gasteiger partial charge in [0.05, 0.1) is 0 Å². The van der Waals surface area contributed by atoms with Crippen LogP contribution in [0.15, 0.2) is 42.5 Å². The van der Waals surface area contributed by atoms with Gasteiger partial charge in [0, 0.05) is 23.5 Å². The minimum absolute atomic E-state index is 0.00981. The average molecular weight is 268 g/mol. The van der Waals surface area contributed by atoms with Gasteiger partial charge in [-0.05, 0) is 50.6 Å². The first-order valence-electron chi connectivity index (χ1n) is 6.77. The van der Waals surface area contributed by atoms with E-state index in [1.807, 2.05) is 63.2 Å². The topological polar surface area (TPSA) is 46.3 Å². The first-order valence-corrected chi connectivity index (χ1v) is 6.77. The van der Waals surface area contributed by atoms with E-state index in [0.29, 0.717) is 12.2 Å². The summed E-state index contributed by atoms with van der Waals surface area (Å²) in [6, 6.07) is 13.3. The molecule has 1 amide bonds. The van der Waals surface area contributed by atoms with E-state index >= 15 is 0 Å². The molecule has 0 fully saturated rings. The number of anilines is 2. The Kier molecular flexibility index (Phi) is 4.08. The van der Waals surface area contributed by atoms with Gasteiger partial charge in [-0.1, -0.05) is 23.8 Å². The van der Waals surface area contributed by atoms with Gasteiger partial charge in [0.15, 0.2) is 0 Å². The van der Waals surface area contributed by atoms with Crippen molar-refractivity contribution >= 4 is 17.3 Å². The summed E-state index contributed by atoms with van der Waals surface area (Å²) in [7, 11) is 0. The Labute approximate surface area is 120 Å². The van der Waals surface area contributed by atoms with Crippen LogP contribution >= 0.6 is 0 Å². The van der Waals surface area contributed by atoms with Crippen molar-refractivity contribution in [2.24, 2.45) is 0 Å². The van der Waals surface area contributed by atoms with Crippen molar-refractivity contribution < 1.29 is 4.79 Å². The van der Waals surface area contributed by atoms with Crippen LogP contribution in [0.25, 0.3) is 0 Å². The van der Waals surface area contributed by atoms with Crippen LogP contribution in [-0.2, 0) is 0 Å². The van der Waals surface area contributed by atoms with E-state index in [1.165, 1.54) is 0 Å². The lowest BCUT2D eigenvalue weighted by atomic mass is 10.0. The Morgan fingerprint density at radius 1 is 1.15 bits per heavy atom. The van der Waals surface area contributed by atoms with Gasteiger partial charge >= 0.3 is 0 Å². The Bertz CT molecular complexity index is 635. The molecule has 0 atom stereocenters. The molecule has 0 aliphatic rings. The number of nitrogen functional groups attached to an aromatic ring is 1. The molecule has 0 saturated carbocycles. The van der Waals surface area contributed by atoms with Crippen molar-refractivity contribution in [3.8, 4) is 0 Å². The van der Waals surface area contributed by atoms with Gasteiger partial charge in [-0.2, -0.15) is 0 Å². The van der Waals surface area contributed by atoms with E-state index < -0.39 is 0 Å². The third kappa shape index (κ3) is 2.82. The maximum Gasteiger partial charge on any atom is 0.258 e. The molecule has 3 heteroatoms. The van der Waals surface area contributed by atoms with Gasteiger partial charge in [0.25, 0.3) is 5.91 Å². The van der Waals surface area contributed by atoms with Gasteiger partial charge in [-0.15, -0.1) is 0 Å². The number of hydrogen-bond donors (Lipinski definition) is 1. The molecule has 2 N–H and O–H groups in total. The first-order chi connectivity index (χ1) is 9.52. The highest BCUT2D eigenvalue weighted by Gasteiger charge is 2.17. The van der Waals surface area contributed by atoms with Crippen LogP contribution in [-0.4, -0.2) is 12.5 Å². The zero-order chi connectivity index (χ0) is 14.7. The zero-order valence-electron chi connectivity index (χ0n) is 12.2. The summed E-state index contributed by atoms with van der Waals surface area (Å²) in [4.78, 5) is 14.4. The van der Waals surface area contributed by atoms with Gasteiger partial charge in [-0.25, -0.2) is 0 Å². The molecule has 0 aromatic heterocycles. The summed E-state index contributed by atoms with van der Waals surface area (Å²) in [5.41, 5.74) is 10.2. The highest BCUT2D eigenvalue weighted by molar-refractivity contribution is 6.07. The molecule has 0 bridgehead atoms.